The van der Waals surface area contributed by atoms with Gasteiger partial charge in [0.05, 0.1) is 26.0 Å². The number of hydrogen-bond acceptors (Lipinski definition) is 8. The average molecular weight is 482 g/mol. The van der Waals surface area contributed by atoms with Gasteiger partial charge < -0.3 is 18.6 Å². The summed E-state index contributed by atoms with van der Waals surface area (Å²) in [6.07, 6.45) is 4.79. The summed E-state index contributed by atoms with van der Waals surface area (Å²) in [4.78, 5) is 50.4. The van der Waals surface area contributed by atoms with Crippen LogP contribution >= 0.6 is 0 Å². The van der Waals surface area contributed by atoms with Gasteiger partial charge in [-0.2, -0.15) is 0 Å². The molecule has 10 nitrogen and oxygen atoms in total. The van der Waals surface area contributed by atoms with E-state index in [4.69, 9.17) is 18.6 Å². The summed E-state index contributed by atoms with van der Waals surface area (Å²) in [5.41, 5.74) is 0.845. The number of carbonyl (C=O) groups is 4. The van der Waals surface area contributed by atoms with Crippen LogP contribution in [0.3, 0.4) is 0 Å². The second-order valence-electron chi connectivity index (χ2n) is 7.31. The van der Waals surface area contributed by atoms with Gasteiger partial charge in [0, 0.05) is 5.56 Å². The third kappa shape index (κ3) is 6.17. The Balaban J connectivity index is 1.97. The molecule has 184 valence electrons. The molecule has 3 rings (SSSR count). The van der Waals surface area contributed by atoms with E-state index in [0.29, 0.717) is 41.4 Å². The monoisotopic (exact) mass is 482 g/mol. The zero-order valence-corrected chi connectivity index (χ0v) is 19.5. The van der Waals surface area contributed by atoms with Crippen LogP contribution in [0.25, 0.3) is 6.08 Å². The number of imide groups is 2. The van der Waals surface area contributed by atoms with Gasteiger partial charge in [-0.05, 0) is 56.2 Å². The highest BCUT2D eigenvalue weighted by molar-refractivity contribution is 6.30. The number of barbiturate groups is 1. The Kier molecular flexibility index (Phi) is 8.44. The normalized spacial score (nSPS) is 14.6. The highest BCUT2D eigenvalue weighted by Crippen LogP contribution is 2.35. The molecule has 0 spiro atoms. The van der Waals surface area contributed by atoms with E-state index in [2.05, 4.69) is 11.9 Å². The van der Waals surface area contributed by atoms with E-state index in [1.807, 2.05) is 0 Å². The predicted octanol–water partition coefficient (Wildman–Crippen LogP) is 3.01. The largest absolute Gasteiger partial charge is 0.490 e. The van der Waals surface area contributed by atoms with Crippen molar-refractivity contribution in [1.29, 1.82) is 0 Å². The second-order valence-corrected chi connectivity index (χ2v) is 7.31. The number of ether oxygens (including phenoxy) is 3. The molecule has 0 radical (unpaired) electrons. The molecular formula is C25H26N2O8. The third-order valence-electron chi connectivity index (χ3n) is 4.85. The quantitative estimate of drug-likeness (QED) is 0.224. The summed E-state index contributed by atoms with van der Waals surface area (Å²) >= 11 is 0. The van der Waals surface area contributed by atoms with Crippen molar-refractivity contribution in [3.8, 4) is 11.5 Å². The van der Waals surface area contributed by atoms with E-state index in [1.165, 1.54) is 12.3 Å². The molecule has 0 unspecified atom stereocenters. The fourth-order valence-electron chi connectivity index (χ4n) is 3.40. The van der Waals surface area contributed by atoms with Gasteiger partial charge in [0.25, 0.3) is 11.8 Å². The molecule has 1 aliphatic heterocycles. The highest BCUT2D eigenvalue weighted by atomic mass is 16.6. The maximum atomic E-state index is 13.0. The number of urea groups is 1. The second kappa shape index (κ2) is 11.7. The minimum absolute atomic E-state index is 0.130. The van der Waals surface area contributed by atoms with E-state index in [1.54, 1.807) is 44.2 Å². The number of furan rings is 1. The topological polar surface area (TPSA) is 124 Å². The van der Waals surface area contributed by atoms with E-state index in [0.717, 1.165) is 4.90 Å². The first kappa shape index (κ1) is 25.3. The summed E-state index contributed by atoms with van der Waals surface area (Å²) < 4.78 is 21.5. The van der Waals surface area contributed by atoms with Crippen LogP contribution in [0.1, 0.15) is 30.7 Å². The molecular weight excluding hydrogens is 456 g/mol. The van der Waals surface area contributed by atoms with Crippen molar-refractivity contribution in [2.45, 2.75) is 26.8 Å². The Hall–Kier alpha value is -4.34. The van der Waals surface area contributed by atoms with Gasteiger partial charge in [-0.15, -0.1) is 6.58 Å². The van der Waals surface area contributed by atoms with Crippen molar-refractivity contribution >= 4 is 29.9 Å². The van der Waals surface area contributed by atoms with Gasteiger partial charge in [0.1, 0.15) is 11.3 Å². The third-order valence-corrected chi connectivity index (χ3v) is 4.85. The Morgan fingerprint density at radius 1 is 1.17 bits per heavy atom. The van der Waals surface area contributed by atoms with E-state index < -0.39 is 23.8 Å². The fraction of sp³-hybridized carbons (Fsp3) is 0.280. The lowest BCUT2D eigenvalue weighted by atomic mass is 10.0. The van der Waals surface area contributed by atoms with E-state index in [-0.39, 0.29) is 25.3 Å². The minimum Gasteiger partial charge on any atom is -0.490 e. The summed E-state index contributed by atoms with van der Waals surface area (Å²) in [6.45, 7) is 7.30. The Morgan fingerprint density at radius 2 is 1.97 bits per heavy atom. The van der Waals surface area contributed by atoms with Crippen molar-refractivity contribution < 1.29 is 37.8 Å². The number of rotatable bonds is 11. The zero-order valence-electron chi connectivity index (χ0n) is 19.5. The average Bonchev–Trinajstić information content (AvgIpc) is 3.33. The van der Waals surface area contributed by atoms with Crippen molar-refractivity contribution in [1.82, 2.24) is 10.2 Å². The molecule has 4 amide bonds. The molecule has 1 N–H and O–H groups in total. The summed E-state index contributed by atoms with van der Waals surface area (Å²) in [7, 11) is 0. The molecule has 0 aliphatic carbocycles. The SMILES string of the molecule is C=CCc1cc(/C=C2\C(=O)NC(=O)N(Cc3ccco3)C2=O)cc(OCC)c1OCC(=O)OCC. The summed E-state index contributed by atoms with van der Waals surface area (Å²) in [5, 5.41) is 2.17. The Bertz CT molecular complexity index is 1150. The lowest BCUT2D eigenvalue weighted by molar-refractivity contribution is -0.145. The molecule has 1 aromatic carbocycles. The molecule has 1 fully saturated rings. The van der Waals surface area contributed by atoms with Crippen LogP contribution in [0.4, 0.5) is 4.79 Å². The summed E-state index contributed by atoms with van der Waals surface area (Å²) in [5.74, 6) is -1.08. The minimum atomic E-state index is -0.835. The molecule has 2 heterocycles. The molecule has 1 aromatic heterocycles. The lowest BCUT2D eigenvalue weighted by Crippen LogP contribution is -2.53. The fourth-order valence-corrected chi connectivity index (χ4v) is 3.40. The van der Waals surface area contributed by atoms with Crippen molar-refractivity contribution in [3.63, 3.8) is 0 Å². The number of allylic oxidation sites excluding steroid dienone is 1. The first-order valence-electron chi connectivity index (χ1n) is 11.0. The van der Waals surface area contributed by atoms with Crippen LogP contribution in [-0.2, 0) is 32.1 Å². The lowest BCUT2D eigenvalue weighted by Gasteiger charge is -2.25. The standard InChI is InChI=1S/C25H26N2O8/c1-4-8-17-11-16(13-20(32-5-2)22(17)35-15-21(28)33-6-3)12-19-23(29)26-25(31)27(24(19)30)14-18-9-7-10-34-18/h4,7,9-13H,1,5-6,8,14-15H2,2-3H3,(H,26,29,31)/b19-12+. The van der Waals surface area contributed by atoms with Crippen LogP contribution in [0.2, 0.25) is 0 Å². The number of amides is 4. The molecule has 35 heavy (non-hydrogen) atoms. The van der Waals surface area contributed by atoms with Crippen LogP contribution in [0.15, 0.2) is 53.2 Å². The first-order chi connectivity index (χ1) is 16.9. The van der Waals surface area contributed by atoms with Gasteiger partial charge in [-0.1, -0.05) is 6.08 Å². The van der Waals surface area contributed by atoms with Crippen LogP contribution < -0.4 is 14.8 Å². The molecule has 0 atom stereocenters. The number of carbonyl (C=O) groups excluding carboxylic acids is 4. The Morgan fingerprint density at radius 3 is 2.63 bits per heavy atom. The van der Waals surface area contributed by atoms with Gasteiger partial charge in [0.15, 0.2) is 18.1 Å². The van der Waals surface area contributed by atoms with E-state index in [9.17, 15) is 19.2 Å². The first-order valence-corrected chi connectivity index (χ1v) is 11.0. The number of nitrogens with one attached hydrogen (secondary N) is 1. The van der Waals surface area contributed by atoms with Crippen molar-refractivity contribution in [2.24, 2.45) is 0 Å². The molecule has 10 heteroatoms. The Labute approximate surface area is 202 Å². The number of benzene rings is 1. The van der Waals surface area contributed by atoms with Crippen LogP contribution in [0.5, 0.6) is 11.5 Å². The van der Waals surface area contributed by atoms with Crippen molar-refractivity contribution in [3.05, 3.63) is 65.6 Å². The smallest absolute Gasteiger partial charge is 0.344 e. The molecule has 0 bridgehead atoms. The molecule has 1 saturated heterocycles. The van der Waals surface area contributed by atoms with Gasteiger partial charge in [-0.3, -0.25) is 19.8 Å². The maximum Gasteiger partial charge on any atom is 0.344 e. The molecule has 2 aromatic rings. The number of nitrogens with zero attached hydrogens (tertiary/aromatic N) is 1. The van der Waals surface area contributed by atoms with Crippen molar-refractivity contribution in [2.75, 3.05) is 19.8 Å². The predicted molar refractivity (Wildman–Crippen MR) is 124 cm³/mol. The van der Waals surface area contributed by atoms with Crippen LogP contribution in [0, 0.1) is 0 Å². The van der Waals surface area contributed by atoms with Gasteiger partial charge >= 0.3 is 12.0 Å². The number of esters is 1. The molecule has 0 saturated carbocycles. The maximum absolute atomic E-state index is 13.0. The van der Waals surface area contributed by atoms with E-state index >= 15 is 0 Å². The zero-order chi connectivity index (χ0) is 25.4. The highest BCUT2D eigenvalue weighted by Gasteiger charge is 2.36. The number of hydrogen-bond donors (Lipinski definition) is 1. The van der Waals surface area contributed by atoms with Gasteiger partial charge in [0.2, 0.25) is 0 Å². The van der Waals surface area contributed by atoms with Crippen LogP contribution in [-0.4, -0.2) is 48.5 Å². The molecule has 1 aliphatic rings. The summed E-state index contributed by atoms with van der Waals surface area (Å²) in [6, 6.07) is 5.68. The van der Waals surface area contributed by atoms with Gasteiger partial charge in [-0.25, -0.2) is 9.59 Å².